The molecule has 0 aromatic heterocycles. The van der Waals surface area contributed by atoms with Crippen LogP contribution in [0, 0.1) is 0 Å². The van der Waals surface area contributed by atoms with Crippen molar-refractivity contribution in [3.63, 3.8) is 0 Å². The highest BCUT2D eigenvalue weighted by molar-refractivity contribution is 7.88. The molecule has 1 saturated carbocycles. The molecule has 1 heterocycles. The maximum absolute atomic E-state index is 13.6. The summed E-state index contributed by atoms with van der Waals surface area (Å²) in [4.78, 5) is 28.5. The summed E-state index contributed by atoms with van der Waals surface area (Å²) in [5, 5.41) is 6.51. The second-order valence-corrected chi connectivity index (χ2v) is 12.9. The number of amides is 2. The summed E-state index contributed by atoms with van der Waals surface area (Å²) in [6.07, 6.45) is 2.61. The summed E-state index contributed by atoms with van der Waals surface area (Å²) in [5.41, 5.74) is 3.79. The number of hydrogen-bond acceptors (Lipinski definition) is 6. The summed E-state index contributed by atoms with van der Waals surface area (Å²) in [5.74, 6) is 0.729. The number of piperazine rings is 1. The van der Waals surface area contributed by atoms with E-state index in [4.69, 9.17) is 4.74 Å². The van der Waals surface area contributed by atoms with E-state index in [0.717, 1.165) is 23.3 Å². The molecule has 0 spiro atoms. The van der Waals surface area contributed by atoms with Crippen molar-refractivity contribution in [1.29, 1.82) is 0 Å². The molecule has 1 saturated heterocycles. The third-order valence-corrected chi connectivity index (χ3v) is 9.35. The summed E-state index contributed by atoms with van der Waals surface area (Å²) in [6.45, 7) is 1.63. The standard InChI is InChI=1S/C32H38N4O5S/c1-41-27-14-12-25(13-15-27)28-22-30(28)33-17-16-29(32(38)35-18-20-36(21-19-35)42(2,39)40)34-31(37)26-10-8-24(9-11-26)23-6-4-3-5-7-23/h3-15,28-30,33H,16-22H2,1-2H3,(H,34,37)/t28-,29-,30+/m0/s1. The van der Waals surface area contributed by atoms with E-state index >= 15 is 0 Å². The monoisotopic (exact) mass is 590 g/mol. The first-order chi connectivity index (χ1) is 20.2. The first-order valence-electron chi connectivity index (χ1n) is 14.3. The van der Waals surface area contributed by atoms with Gasteiger partial charge >= 0.3 is 0 Å². The lowest BCUT2D eigenvalue weighted by atomic mass is 10.0. The van der Waals surface area contributed by atoms with Crippen LogP contribution in [0.15, 0.2) is 78.9 Å². The van der Waals surface area contributed by atoms with Crippen LogP contribution in [-0.4, -0.2) is 87.6 Å². The van der Waals surface area contributed by atoms with E-state index in [1.165, 1.54) is 16.1 Å². The number of ether oxygens (including phenoxy) is 1. The van der Waals surface area contributed by atoms with Gasteiger partial charge in [-0.25, -0.2) is 8.42 Å². The van der Waals surface area contributed by atoms with Gasteiger partial charge < -0.3 is 20.3 Å². The summed E-state index contributed by atoms with van der Waals surface area (Å²) >= 11 is 0. The fraction of sp³-hybridized carbons (Fsp3) is 0.375. The molecule has 0 unspecified atom stereocenters. The van der Waals surface area contributed by atoms with Crippen LogP contribution >= 0.6 is 0 Å². The van der Waals surface area contributed by atoms with Gasteiger partial charge in [-0.05, 0) is 60.3 Å². The Bertz CT molecular complexity index is 1470. The number of sulfonamides is 1. The van der Waals surface area contributed by atoms with Gasteiger partial charge in [0.25, 0.3) is 5.91 Å². The highest BCUT2D eigenvalue weighted by Crippen LogP contribution is 2.41. The van der Waals surface area contributed by atoms with Gasteiger partial charge in [0.2, 0.25) is 15.9 Å². The number of hydrogen-bond donors (Lipinski definition) is 2. The molecule has 2 aliphatic rings. The molecule has 1 aliphatic heterocycles. The number of carbonyl (C=O) groups excluding carboxylic acids is 2. The van der Waals surface area contributed by atoms with Crippen LogP contribution in [0.3, 0.4) is 0 Å². The fourth-order valence-corrected chi connectivity index (χ4v) is 6.28. The molecule has 2 fully saturated rings. The van der Waals surface area contributed by atoms with Gasteiger partial charge in [0.05, 0.1) is 13.4 Å². The van der Waals surface area contributed by atoms with Crippen molar-refractivity contribution < 1.29 is 22.7 Å². The van der Waals surface area contributed by atoms with E-state index in [1.807, 2.05) is 54.6 Å². The lowest BCUT2D eigenvalue weighted by Gasteiger charge is -2.35. The Morgan fingerprint density at radius 3 is 2.17 bits per heavy atom. The molecular formula is C32H38N4O5S. The molecule has 0 radical (unpaired) electrons. The number of nitrogens with one attached hydrogen (secondary N) is 2. The van der Waals surface area contributed by atoms with Crippen molar-refractivity contribution in [1.82, 2.24) is 19.8 Å². The van der Waals surface area contributed by atoms with Crippen LogP contribution in [0.1, 0.15) is 34.7 Å². The Morgan fingerprint density at radius 2 is 1.55 bits per heavy atom. The highest BCUT2D eigenvalue weighted by atomic mass is 32.2. The quantitative estimate of drug-likeness (QED) is 0.356. The molecule has 2 amide bonds. The number of nitrogens with zero attached hydrogens (tertiary/aromatic N) is 2. The molecule has 0 bridgehead atoms. The van der Waals surface area contributed by atoms with Crippen molar-refractivity contribution in [3.8, 4) is 16.9 Å². The van der Waals surface area contributed by atoms with E-state index < -0.39 is 16.1 Å². The van der Waals surface area contributed by atoms with E-state index in [1.54, 1.807) is 24.1 Å². The Balaban J connectivity index is 1.22. The lowest BCUT2D eigenvalue weighted by molar-refractivity contribution is -0.134. The van der Waals surface area contributed by atoms with Gasteiger partial charge in [-0.15, -0.1) is 0 Å². The molecule has 3 atom stereocenters. The van der Waals surface area contributed by atoms with Crippen LogP contribution < -0.4 is 15.4 Å². The van der Waals surface area contributed by atoms with Gasteiger partial charge in [-0.1, -0.05) is 54.6 Å². The van der Waals surface area contributed by atoms with Gasteiger partial charge in [0, 0.05) is 43.7 Å². The molecule has 1 aliphatic carbocycles. The maximum Gasteiger partial charge on any atom is 0.251 e. The minimum Gasteiger partial charge on any atom is -0.497 e. The van der Waals surface area contributed by atoms with E-state index in [9.17, 15) is 18.0 Å². The zero-order valence-corrected chi connectivity index (χ0v) is 24.8. The average Bonchev–Trinajstić information content (AvgIpc) is 3.80. The predicted molar refractivity (Wildman–Crippen MR) is 163 cm³/mol. The van der Waals surface area contributed by atoms with Crippen molar-refractivity contribution in [3.05, 3.63) is 90.0 Å². The van der Waals surface area contributed by atoms with Crippen LogP contribution in [0.2, 0.25) is 0 Å². The van der Waals surface area contributed by atoms with E-state index in [0.29, 0.717) is 43.6 Å². The summed E-state index contributed by atoms with van der Waals surface area (Å²) in [6, 6.07) is 24.9. The van der Waals surface area contributed by atoms with Crippen molar-refractivity contribution in [2.24, 2.45) is 0 Å². The van der Waals surface area contributed by atoms with Crippen molar-refractivity contribution >= 4 is 21.8 Å². The Morgan fingerprint density at radius 1 is 0.905 bits per heavy atom. The number of carbonyl (C=O) groups is 2. The van der Waals surface area contributed by atoms with Crippen molar-refractivity contribution in [2.75, 3.05) is 46.1 Å². The lowest BCUT2D eigenvalue weighted by Crippen LogP contribution is -2.56. The highest BCUT2D eigenvalue weighted by Gasteiger charge is 2.38. The molecule has 3 aromatic rings. The third-order valence-electron chi connectivity index (χ3n) is 8.05. The Kier molecular flexibility index (Phi) is 9.25. The van der Waals surface area contributed by atoms with Gasteiger partial charge in [-0.2, -0.15) is 4.31 Å². The molecule has 2 N–H and O–H groups in total. The molecule has 42 heavy (non-hydrogen) atoms. The Hall–Kier alpha value is -3.73. The van der Waals surface area contributed by atoms with Gasteiger partial charge in [0.15, 0.2) is 0 Å². The molecule has 3 aromatic carbocycles. The molecule has 5 rings (SSSR count). The molecule has 9 nitrogen and oxygen atoms in total. The molecule has 10 heteroatoms. The topological polar surface area (TPSA) is 108 Å². The summed E-state index contributed by atoms with van der Waals surface area (Å²) < 4.78 is 30.5. The first kappa shape index (κ1) is 29.8. The maximum atomic E-state index is 13.6. The SMILES string of the molecule is COc1ccc([C@@H]2C[C@H]2NCC[C@H](NC(=O)c2ccc(-c3ccccc3)cc2)C(=O)N2CCN(S(C)(=O)=O)CC2)cc1. The van der Waals surface area contributed by atoms with Crippen molar-refractivity contribution in [2.45, 2.75) is 30.8 Å². The van der Waals surface area contributed by atoms with Crippen LogP contribution in [0.4, 0.5) is 0 Å². The predicted octanol–water partition coefficient (Wildman–Crippen LogP) is 3.10. The zero-order valence-electron chi connectivity index (χ0n) is 24.0. The van der Waals surface area contributed by atoms with E-state index in [-0.39, 0.29) is 24.9 Å². The van der Waals surface area contributed by atoms with Crippen LogP contribution in [0.25, 0.3) is 11.1 Å². The second-order valence-electron chi connectivity index (χ2n) is 10.9. The normalized spacial score (nSPS) is 19.6. The molecule has 222 valence electrons. The Labute approximate surface area is 247 Å². The number of methoxy groups -OCH3 is 1. The molecular weight excluding hydrogens is 552 g/mol. The first-order valence-corrected chi connectivity index (χ1v) is 16.2. The number of benzene rings is 3. The zero-order chi connectivity index (χ0) is 29.7. The van der Waals surface area contributed by atoms with Crippen LogP contribution in [-0.2, 0) is 14.8 Å². The minimum atomic E-state index is -3.31. The third kappa shape index (κ3) is 7.36. The van der Waals surface area contributed by atoms with Crippen LogP contribution in [0.5, 0.6) is 5.75 Å². The smallest absolute Gasteiger partial charge is 0.251 e. The van der Waals surface area contributed by atoms with Gasteiger partial charge in [0.1, 0.15) is 11.8 Å². The fourth-order valence-electron chi connectivity index (χ4n) is 5.46. The van der Waals surface area contributed by atoms with Gasteiger partial charge in [-0.3, -0.25) is 9.59 Å². The largest absolute Gasteiger partial charge is 0.497 e. The average molecular weight is 591 g/mol. The van der Waals surface area contributed by atoms with E-state index in [2.05, 4.69) is 22.8 Å². The second kappa shape index (κ2) is 13.1. The minimum absolute atomic E-state index is 0.193. The number of rotatable bonds is 11. The summed E-state index contributed by atoms with van der Waals surface area (Å²) in [7, 11) is -1.66.